The summed E-state index contributed by atoms with van der Waals surface area (Å²) in [4.78, 5) is 8.35. The van der Waals surface area contributed by atoms with Crippen LogP contribution in [-0.2, 0) is 6.61 Å². The molecule has 0 aliphatic rings. The Bertz CT molecular complexity index is 513. The molecule has 0 atom stereocenters. The fourth-order valence-corrected chi connectivity index (χ4v) is 2.13. The highest BCUT2D eigenvalue weighted by atomic mass is 127. The molecule has 2 rings (SSSR count). The number of aromatic nitrogens is 2. The normalized spacial score (nSPS) is 10.3. The molecule has 0 N–H and O–H groups in total. The summed E-state index contributed by atoms with van der Waals surface area (Å²) in [5.74, 6) is 1.40. The molecule has 0 unspecified atom stereocenters. The van der Waals surface area contributed by atoms with Crippen LogP contribution in [0.5, 0.6) is 5.75 Å². The average molecular weight is 361 g/mol. The number of hydrogen-bond donors (Lipinski definition) is 0. The Morgan fingerprint density at radius 1 is 1.29 bits per heavy atom. The Hall–Kier alpha value is -0.880. The van der Waals surface area contributed by atoms with Crippen molar-refractivity contribution < 1.29 is 4.74 Å². The first-order chi connectivity index (χ1) is 8.13. The van der Waals surface area contributed by atoms with Gasteiger partial charge in [-0.05, 0) is 53.8 Å². The zero-order chi connectivity index (χ0) is 12.3. The van der Waals surface area contributed by atoms with Gasteiger partial charge >= 0.3 is 0 Å². The number of ether oxygens (including phenoxy) is 1. The van der Waals surface area contributed by atoms with Gasteiger partial charge in [0.25, 0.3) is 0 Å². The van der Waals surface area contributed by atoms with Crippen molar-refractivity contribution in [1.82, 2.24) is 9.97 Å². The van der Waals surface area contributed by atoms with Gasteiger partial charge in [-0.2, -0.15) is 0 Å². The number of rotatable bonds is 3. The molecule has 88 valence electrons. The molecular weight excluding hydrogens is 351 g/mol. The van der Waals surface area contributed by atoms with Gasteiger partial charge in [-0.15, -0.1) is 0 Å². The number of hydrogen-bond acceptors (Lipinski definition) is 3. The van der Waals surface area contributed by atoms with Gasteiger partial charge < -0.3 is 4.74 Å². The smallest absolute Gasteiger partial charge is 0.167 e. The lowest BCUT2D eigenvalue weighted by molar-refractivity contribution is 0.295. The summed E-state index contributed by atoms with van der Waals surface area (Å²) in [6.45, 7) is 2.20. The second kappa shape index (κ2) is 5.64. The molecule has 0 aliphatic heterocycles. The Balaban J connectivity index is 2.07. The molecule has 17 heavy (non-hydrogen) atoms. The van der Waals surface area contributed by atoms with Crippen molar-refractivity contribution in [3.63, 3.8) is 0 Å². The fourth-order valence-electron chi connectivity index (χ4n) is 1.36. The molecule has 0 amide bonds. The molecule has 0 aliphatic carbocycles. The molecule has 1 aromatic carbocycles. The minimum Gasteiger partial charge on any atom is -0.486 e. The average Bonchev–Trinajstić information content (AvgIpc) is 2.25. The van der Waals surface area contributed by atoms with Crippen LogP contribution in [0, 0.1) is 10.5 Å². The summed E-state index contributed by atoms with van der Waals surface area (Å²) in [6, 6.07) is 9.53. The molecule has 1 heterocycles. The highest BCUT2D eigenvalue weighted by Gasteiger charge is 2.02. The highest BCUT2D eigenvalue weighted by Crippen LogP contribution is 2.16. The molecule has 0 radical (unpaired) electrons. The van der Waals surface area contributed by atoms with Gasteiger partial charge in [-0.1, -0.05) is 17.7 Å². The van der Waals surface area contributed by atoms with Crippen molar-refractivity contribution in [2.45, 2.75) is 13.5 Å². The van der Waals surface area contributed by atoms with Crippen LogP contribution in [0.25, 0.3) is 0 Å². The summed E-state index contributed by atoms with van der Waals surface area (Å²) in [5.41, 5.74) is 0.839. The lowest BCUT2D eigenvalue weighted by Crippen LogP contribution is -2.02. The van der Waals surface area contributed by atoms with Crippen molar-refractivity contribution in [2.24, 2.45) is 0 Å². The first-order valence-electron chi connectivity index (χ1n) is 5.02. The SMILES string of the molecule is Cc1cc(Cl)nc(COc2cccc(I)c2)n1. The fraction of sp³-hybridized carbons (Fsp3) is 0.167. The van der Waals surface area contributed by atoms with Gasteiger partial charge in [0.15, 0.2) is 5.82 Å². The van der Waals surface area contributed by atoms with E-state index in [4.69, 9.17) is 16.3 Å². The first kappa shape index (κ1) is 12.6. The van der Waals surface area contributed by atoms with Gasteiger partial charge in [-0.3, -0.25) is 0 Å². The lowest BCUT2D eigenvalue weighted by Gasteiger charge is -2.06. The number of nitrogens with zero attached hydrogens (tertiary/aromatic N) is 2. The zero-order valence-corrected chi connectivity index (χ0v) is 12.1. The first-order valence-corrected chi connectivity index (χ1v) is 6.47. The topological polar surface area (TPSA) is 35.0 Å². The quantitative estimate of drug-likeness (QED) is 0.619. The predicted molar refractivity (Wildman–Crippen MR) is 75.3 cm³/mol. The maximum absolute atomic E-state index is 5.85. The standard InChI is InChI=1S/C12H10ClIN2O/c1-8-5-11(13)16-12(15-8)7-17-10-4-2-3-9(14)6-10/h2-6H,7H2,1H3. The van der Waals surface area contributed by atoms with Crippen molar-refractivity contribution in [1.29, 1.82) is 0 Å². The van der Waals surface area contributed by atoms with Crippen LogP contribution in [0.15, 0.2) is 30.3 Å². The van der Waals surface area contributed by atoms with Crippen molar-refractivity contribution in [3.8, 4) is 5.75 Å². The van der Waals surface area contributed by atoms with E-state index in [-0.39, 0.29) is 0 Å². The molecular formula is C12H10ClIN2O. The van der Waals surface area contributed by atoms with Crippen molar-refractivity contribution >= 4 is 34.2 Å². The van der Waals surface area contributed by atoms with E-state index in [9.17, 15) is 0 Å². The summed E-state index contributed by atoms with van der Waals surface area (Å²) in [5, 5.41) is 0.443. The van der Waals surface area contributed by atoms with Crippen LogP contribution >= 0.6 is 34.2 Å². The Morgan fingerprint density at radius 3 is 2.82 bits per heavy atom. The van der Waals surface area contributed by atoms with E-state index in [1.807, 2.05) is 31.2 Å². The highest BCUT2D eigenvalue weighted by molar-refractivity contribution is 14.1. The molecule has 0 saturated carbocycles. The zero-order valence-electron chi connectivity index (χ0n) is 9.15. The van der Waals surface area contributed by atoms with E-state index in [1.54, 1.807) is 6.07 Å². The number of aryl methyl sites for hydroxylation is 1. The molecule has 0 fully saturated rings. The van der Waals surface area contributed by atoms with Crippen molar-refractivity contribution in [2.75, 3.05) is 0 Å². The van der Waals surface area contributed by atoms with Crippen LogP contribution in [0.1, 0.15) is 11.5 Å². The third-order valence-corrected chi connectivity index (χ3v) is 2.90. The second-order valence-corrected chi connectivity index (χ2v) is 5.13. The summed E-state index contributed by atoms with van der Waals surface area (Å²) < 4.78 is 6.72. The van der Waals surface area contributed by atoms with Gasteiger partial charge in [0, 0.05) is 9.26 Å². The van der Waals surface area contributed by atoms with Crippen LogP contribution in [0.4, 0.5) is 0 Å². The largest absolute Gasteiger partial charge is 0.486 e. The number of halogens is 2. The maximum atomic E-state index is 5.85. The lowest BCUT2D eigenvalue weighted by atomic mass is 10.3. The molecule has 3 nitrogen and oxygen atoms in total. The second-order valence-electron chi connectivity index (χ2n) is 3.49. The van der Waals surface area contributed by atoms with E-state index in [2.05, 4.69) is 32.6 Å². The molecule has 1 aromatic heterocycles. The van der Waals surface area contributed by atoms with Gasteiger partial charge in [0.1, 0.15) is 17.5 Å². The Morgan fingerprint density at radius 2 is 2.12 bits per heavy atom. The van der Waals surface area contributed by atoms with Crippen LogP contribution in [-0.4, -0.2) is 9.97 Å². The van der Waals surface area contributed by atoms with E-state index < -0.39 is 0 Å². The van der Waals surface area contributed by atoms with E-state index >= 15 is 0 Å². The summed E-state index contributed by atoms with van der Waals surface area (Å²) in [7, 11) is 0. The summed E-state index contributed by atoms with van der Waals surface area (Å²) >= 11 is 8.09. The maximum Gasteiger partial charge on any atom is 0.167 e. The molecule has 0 spiro atoms. The Labute approximate surface area is 118 Å². The molecule has 0 bridgehead atoms. The third kappa shape index (κ3) is 3.81. The van der Waals surface area contributed by atoms with Gasteiger partial charge in [0.05, 0.1) is 0 Å². The number of benzene rings is 1. The molecule has 0 saturated heterocycles. The van der Waals surface area contributed by atoms with Crippen LogP contribution in [0.3, 0.4) is 0 Å². The Kier molecular flexibility index (Phi) is 4.17. The van der Waals surface area contributed by atoms with Crippen LogP contribution < -0.4 is 4.74 Å². The minimum absolute atomic E-state index is 0.321. The van der Waals surface area contributed by atoms with Crippen molar-refractivity contribution in [3.05, 3.63) is 50.6 Å². The van der Waals surface area contributed by atoms with Gasteiger partial charge in [0.2, 0.25) is 0 Å². The van der Waals surface area contributed by atoms with E-state index in [0.717, 1.165) is 15.0 Å². The minimum atomic E-state index is 0.321. The van der Waals surface area contributed by atoms with Gasteiger partial charge in [-0.25, -0.2) is 9.97 Å². The van der Waals surface area contributed by atoms with E-state index in [1.165, 1.54) is 0 Å². The van der Waals surface area contributed by atoms with Crippen LogP contribution in [0.2, 0.25) is 5.15 Å². The molecule has 5 heteroatoms. The predicted octanol–water partition coefficient (Wildman–Crippen LogP) is 3.62. The molecule has 2 aromatic rings. The summed E-state index contributed by atoms with van der Waals surface area (Å²) in [6.07, 6.45) is 0. The van der Waals surface area contributed by atoms with E-state index in [0.29, 0.717) is 17.6 Å². The third-order valence-electron chi connectivity index (χ3n) is 2.03. The monoisotopic (exact) mass is 360 g/mol.